The molecule has 3 nitrogen and oxygen atoms in total. The molecule has 80 valence electrons. The Bertz CT molecular complexity index is 374. The summed E-state index contributed by atoms with van der Waals surface area (Å²) in [6, 6.07) is 5.29. The molecule has 0 atom stereocenters. The molecule has 15 heavy (non-hydrogen) atoms. The van der Waals surface area contributed by atoms with Crippen LogP contribution in [0.15, 0.2) is 18.2 Å². The van der Waals surface area contributed by atoms with E-state index in [-0.39, 0.29) is 6.61 Å². The van der Waals surface area contributed by atoms with E-state index in [4.69, 9.17) is 14.6 Å². The number of hydrogen-bond donors (Lipinski definition) is 1. The molecule has 0 aromatic heterocycles. The molecule has 0 fully saturated rings. The lowest BCUT2D eigenvalue weighted by Crippen LogP contribution is -1.98. The number of methoxy groups -OCH3 is 1. The number of hydrogen-bond acceptors (Lipinski definition) is 3. The summed E-state index contributed by atoms with van der Waals surface area (Å²) in [4.78, 5) is 0. The van der Waals surface area contributed by atoms with E-state index in [9.17, 15) is 0 Å². The first-order valence-corrected chi connectivity index (χ1v) is 4.62. The number of benzene rings is 1. The van der Waals surface area contributed by atoms with Crippen LogP contribution in [0, 0.1) is 11.8 Å². The van der Waals surface area contributed by atoms with Gasteiger partial charge in [-0.1, -0.05) is 5.92 Å². The van der Waals surface area contributed by atoms with Crippen molar-refractivity contribution < 1.29 is 14.6 Å². The monoisotopic (exact) mass is 206 g/mol. The van der Waals surface area contributed by atoms with Gasteiger partial charge in [-0.2, -0.15) is 0 Å². The highest BCUT2D eigenvalue weighted by molar-refractivity contribution is 5.40. The quantitative estimate of drug-likeness (QED) is 0.760. The van der Waals surface area contributed by atoms with Gasteiger partial charge < -0.3 is 14.6 Å². The average Bonchev–Trinajstić information content (AvgIpc) is 2.29. The summed E-state index contributed by atoms with van der Waals surface area (Å²) in [5.74, 6) is 6.84. The predicted octanol–water partition coefficient (Wildman–Crippen LogP) is 1.59. The van der Waals surface area contributed by atoms with Crippen LogP contribution in [0.2, 0.25) is 0 Å². The van der Waals surface area contributed by atoms with E-state index in [1.807, 2.05) is 0 Å². The Morgan fingerprint density at radius 1 is 1.40 bits per heavy atom. The maximum atomic E-state index is 9.08. The Morgan fingerprint density at radius 2 is 2.20 bits per heavy atom. The third kappa shape index (κ3) is 3.19. The highest BCUT2D eigenvalue weighted by atomic mass is 16.5. The van der Waals surface area contributed by atoms with E-state index < -0.39 is 0 Å². The van der Waals surface area contributed by atoms with Crippen LogP contribution in [-0.2, 0) is 6.61 Å². The minimum Gasteiger partial charge on any atom is -0.497 e. The van der Waals surface area contributed by atoms with Gasteiger partial charge in [0.1, 0.15) is 18.1 Å². The minimum absolute atomic E-state index is 0.0567. The molecule has 0 aliphatic carbocycles. The summed E-state index contributed by atoms with van der Waals surface area (Å²) in [7, 11) is 1.59. The fourth-order valence-corrected chi connectivity index (χ4v) is 1.11. The first kappa shape index (κ1) is 11.4. The van der Waals surface area contributed by atoms with Gasteiger partial charge in [0.25, 0.3) is 0 Å². The standard InChI is InChI=1S/C12H14O3/c1-3-4-7-15-12-8-11(14-2)6-5-10(12)9-13/h5-6,8,13H,7,9H2,1-2H3. The van der Waals surface area contributed by atoms with Gasteiger partial charge in [-0.15, -0.1) is 5.92 Å². The van der Waals surface area contributed by atoms with Crippen LogP contribution in [-0.4, -0.2) is 18.8 Å². The Kier molecular flexibility index (Phi) is 4.52. The highest BCUT2D eigenvalue weighted by Gasteiger charge is 2.04. The largest absolute Gasteiger partial charge is 0.497 e. The van der Waals surface area contributed by atoms with Crippen LogP contribution in [0.3, 0.4) is 0 Å². The summed E-state index contributed by atoms with van der Waals surface area (Å²) in [6.45, 7) is 2.01. The van der Waals surface area contributed by atoms with Crippen molar-refractivity contribution >= 4 is 0 Å². The van der Waals surface area contributed by atoms with Gasteiger partial charge >= 0.3 is 0 Å². The second kappa shape index (κ2) is 5.94. The van der Waals surface area contributed by atoms with E-state index in [1.165, 1.54) is 0 Å². The molecule has 0 unspecified atom stereocenters. The van der Waals surface area contributed by atoms with E-state index >= 15 is 0 Å². The maximum absolute atomic E-state index is 9.08. The molecule has 1 aromatic rings. The van der Waals surface area contributed by atoms with Crippen molar-refractivity contribution in [3.8, 4) is 23.3 Å². The molecule has 0 heterocycles. The summed E-state index contributed by atoms with van der Waals surface area (Å²) in [6.07, 6.45) is 0. The second-order valence-corrected chi connectivity index (χ2v) is 2.85. The van der Waals surface area contributed by atoms with Crippen molar-refractivity contribution in [2.24, 2.45) is 0 Å². The molecular weight excluding hydrogens is 192 g/mol. The molecule has 1 N–H and O–H groups in total. The zero-order valence-corrected chi connectivity index (χ0v) is 8.91. The molecule has 0 bridgehead atoms. The number of aliphatic hydroxyl groups excluding tert-OH is 1. The summed E-state index contributed by atoms with van der Waals surface area (Å²) in [5, 5.41) is 9.08. The third-order valence-corrected chi connectivity index (χ3v) is 1.92. The lowest BCUT2D eigenvalue weighted by atomic mass is 10.2. The van der Waals surface area contributed by atoms with Crippen molar-refractivity contribution in [3.05, 3.63) is 23.8 Å². The second-order valence-electron chi connectivity index (χ2n) is 2.85. The first-order valence-electron chi connectivity index (χ1n) is 4.62. The van der Waals surface area contributed by atoms with Crippen LogP contribution < -0.4 is 9.47 Å². The van der Waals surface area contributed by atoms with Gasteiger partial charge in [0.15, 0.2) is 0 Å². The van der Waals surface area contributed by atoms with Crippen LogP contribution in [0.5, 0.6) is 11.5 Å². The number of aliphatic hydroxyl groups is 1. The van der Waals surface area contributed by atoms with E-state index in [0.717, 1.165) is 5.56 Å². The fraction of sp³-hybridized carbons (Fsp3) is 0.333. The molecule has 0 amide bonds. The Hall–Kier alpha value is -1.66. The molecular formula is C12H14O3. The maximum Gasteiger partial charge on any atom is 0.149 e. The predicted molar refractivity (Wildman–Crippen MR) is 57.9 cm³/mol. The minimum atomic E-state index is -0.0567. The lowest BCUT2D eigenvalue weighted by Gasteiger charge is -2.09. The lowest BCUT2D eigenvalue weighted by molar-refractivity contribution is 0.270. The number of rotatable bonds is 4. The Morgan fingerprint density at radius 3 is 2.80 bits per heavy atom. The van der Waals surface area contributed by atoms with E-state index in [0.29, 0.717) is 18.1 Å². The SMILES string of the molecule is CC#CCOc1cc(OC)ccc1CO. The summed E-state index contributed by atoms with van der Waals surface area (Å²) >= 11 is 0. The van der Waals surface area contributed by atoms with E-state index in [2.05, 4.69) is 11.8 Å². The van der Waals surface area contributed by atoms with Gasteiger partial charge in [0.05, 0.1) is 13.7 Å². The molecule has 1 aromatic carbocycles. The normalized spacial score (nSPS) is 9.00. The van der Waals surface area contributed by atoms with Crippen molar-refractivity contribution in [1.82, 2.24) is 0 Å². The Balaban J connectivity index is 2.84. The fourth-order valence-electron chi connectivity index (χ4n) is 1.11. The molecule has 0 spiro atoms. The Labute approximate surface area is 89.6 Å². The van der Waals surface area contributed by atoms with Gasteiger partial charge in [0.2, 0.25) is 0 Å². The molecule has 3 heteroatoms. The zero-order chi connectivity index (χ0) is 11.1. The average molecular weight is 206 g/mol. The van der Waals surface area contributed by atoms with Crippen molar-refractivity contribution in [2.75, 3.05) is 13.7 Å². The van der Waals surface area contributed by atoms with Crippen molar-refractivity contribution in [1.29, 1.82) is 0 Å². The highest BCUT2D eigenvalue weighted by Crippen LogP contribution is 2.24. The van der Waals surface area contributed by atoms with Crippen molar-refractivity contribution in [2.45, 2.75) is 13.5 Å². The summed E-state index contributed by atoms with van der Waals surface area (Å²) in [5.41, 5.74) is 0.730. The topological polar surface area (TPSA) is 38.7 Å². The van der Waals surface area contributed by atoms with Gasteiger partial charge in [-0.25, -0.2) is 0 Å². The molecule has 1 rings (SSSR count). The molecule has 0 aliphatic rings. The number of ether oxygens (including phenoxy) is 2. The zero-order valence-electron chi connectivity index (χ0n) is 8.91. The molecule has 0 radical (unpaired) electrons. The molecule has 0 saturated heterocycles. The van der Waals surface area contributed by atoms with Crippen LogP contribution in [0.1, 0.15) is 12.5 Å². The van der Waals surface area contributed by atoms with Gasteiger partial charge in [0, 0.05) is 11.6 Å². The van der Waals surface area contributed by atoms with E-state index in [1.54, 1.807) is 32.2 Å². The molecule has 0 saturated carbocycles. The third-order valence-electron chi connectivity index (χ3n) is 1.92. The summed E-state index contributed by atoms with van der Waals surface area (Å²) < 4.78 is 10.5. The van der Waals surface area contributed by atoms with Crippen LogP contribution in [0.25, 0.3) is 0 Å². The first-order chi connectivity index (χ1) is 7.31. The van der Waals surface area contributed by atoms with Crippen molar-refractivity contribution in [3.63, 3.8) is 0 Å². The van der Waals surface area contributed by atoms with Gasteiger partial charge in [-0.3, -0.25) is 0 Å². The van der Waals surface area contributed by atoms with Crippen LogP contribution >= 0.6 is 0 Å². The van der Waals surface area contributed by atoms with Crippen LogP contribution in [0.4, 0.5) is 0 Å². The van der Waals surface area contributed by atoms with Gasteiger partial charge in [-0.05, 0) is 19.1 Å². The molecule has 0 aliphatic heterocycles. The smallest absolute Gasteiger partial charge is 0.149 e.